The van der Waals surface area contributed by atoms with E-state index in [1.54, 1.807) is 0 Å². The number of anilines is 1. The topological polar surface area (TPSA) is 124 Å². The first kappa shape index (κ1) is 21.1. The fourth-order valence-corrected chi connectivity index (χ4v) is 3.50. The Bertz CT molecular complexity index is 1070. The van der Waals surface area contributed by atoms with Gasteiger partial charge in [-0.1, -0.05) is 12.1 Å². The minimum absolute atomic E-state index is 0.156. The molecule has 1 fully saturated rings. The summed E-state index contributed by atoms with van der Waals surface area (Å²) in [6.45, 7) is -0.156. The lowest BCUT2D eigenvalue weighted by Gasteiger charge is -2.12. The monoisotopic (exact) mass is 430 g/mol. The minimum atomic E-state index is -1.31. The van der Waals surface area contributed by atoms with Crippen molar-refractivity contribution in [1.29, 1.82) is 0 Å². The molecule has 8 nitrogen and oxygen atoms in total. The Morgan fingerprint density at radius 3 is 2.47 bits per heavy atom. The number of carbonyl (C=O) groups excluding carboxylic acids is 3. The second kappa shape index (κ2) is 8.78. The molecule has 1 heterocycles. The highest BCUT2D eigenvalue weighted by molar-refractivity contribution is 8.18. The number of phenols is 1. The predicted molar refractivity (Wildman–Crippen MR) is 107 cm³/mol. The number of carboxylic acids is 1. The lowest BCUT2D eigenvalue weighted by atomic mass is 10.2. The molecule has 30 heavy (non-hydrogen) atoms. The van der Waals surface area contributed by atoms with E-state index in [9.17, 15) is 28.7 Å². The number of carbonyl (C=O) groups is 4. The molecule has 0 unspecified atom stereocenters. The van der Waals surface area contributed by atoms with E-state index in [1.165, 1.54) is 36.4 Å². The fraction of sp³-hybridized carbons (Fsp3) is 0.100. The third kappa shape index (κ3) is 4.84. The Labute approximate surface area is 174 Å². The van der Waals surface area contributed by atoms with Gasteiger partial charge < -0.3 is 15.5 Å². The highest BCUT2D eigenvalue weighted by atomic mass is 32.2. The zero-order valence-electron chi connectivity index (χ0n) is 15.3. The predicted octanol–water partition coefficient (Wildman–Crippen LogP) is 3.29. The van der Waals surface area contributed by atoms with Crippen molar-refractivity contribution in [2.45, 2.75) is 6.42 Å². The standard InChI is InChI=1S/C20H15FN2O6S/c21-12-3-1-11(2-4-12)9-16-18(26)23(20(29)30-16)8-7-17(25)22-13-5-6-14(19(27)28)15(24)10-13/h1-6,9-10,24H,7-8H2,(H,22,25)(H,27,28)/b16-9+. The third-order valence-electron chi connectivity index (χ3n) is 4.12. The van der Waals surface area contributed by atoms with Crippen molar-refractivity contribution >= 4 is 46.5 Å². The van der Waals surface area contributed by atoms with Crippen LogP contribution in [-0.4, -0.2) is 44.7 Å². The van der Waals surface area contributed by atoms with E-state index in [0.29, 0.717) is 5.56 Å². The molecule has 1 saturated heterocycles. The molecule has 3 rings (SSSR count). The van der Waals surface area contributed by atoms with E-state index in [1.807, 2.05) is 0 Å². The molecule has 3 N–H and O–H groups in total. The summed E-state index contributed by atoms with van der Waals surface area (Å²) in [6, 6.07) is 8.97. The van der Waals surface area contributed by atoms with Crippen LogP contribution >= 0.6 is 11.8 Å². The second-order valence-corrected chi connectivity index (χ2v) is 7.21. The van der Waals surface area contributed by atoms with E-state index in [2.05, 4.69) is 5.32 Å². The van der Waals surface area contributed by atoms with Gasteiger partial charge in [0, 0.05) is 24.7 Å². The first-order chi connectivity index (χ1) is 14.2. The maximum Gasteiger partial charge on any atom is 0.339 e. The number of hydrogen-bond acceptors (Lipinski definition) is 6. The molecule has 0 bridgehead atoms. The van der Waals surface area contributed by atoms with Crippen molar-refractivity contribution in [2.75, 3.05) is 11.9 Å². The molecular weight excluding hydrogens is 415 g/mol. The first-order valence-electron chi connectivity index (χ1n) is 8.61. The summed E-state index contributed by atoms with van der Waals surface area (Å²) in [7, 11) is 0. The highest BCUT2D eigenvalue weighted by Crippen LogP contribution is 2.32. The molecule has 0 spiro atoms. The van der Waals surface area contributed by atoms with Crippen LogP contribution in [0.25, 0.3) is 6.08 Å². The maximum atomic E-state index is 13.0. The Kier molecular flexibility index (Phi) is 6.17. The van der Waals surface area contributed by atoms with Crippen LogP contribution in [0.1, 0.15) is 22.3 Å². The highest BCUT2D eigenvalue weighted by Gasteiger charge is 2.35. The molecule has 2 aromatic carbocycles. The van der Waals surface area contributed by atoms with Crippen LogP contribution < -0.4 is 5.32 Å². The smallest absolute Gasteiger partial charge is 0.339 e. The molecule has 2 aromatic rings. The molecule has 0 aromatic heterocycles. The average molecular weight is 430 g/mol. The van der Waals surface area contributed by atoms with Crippen molar-refractivity contribution in [3.63, 3.8) is 0 Å². The summed E-state index contributed by atoms with van der Waals surface area (Å²) in [6.07, 6.45) is 1.28. The van der Waals surface area contributed by atoms with E-state index >= 15 is 0 Å². The zero-order chi connectivity index (χ0) is 21.8. The van der Waals surface area contributed by atoms with E-state index in [0.717, 1.165) is 28.8 Å². The molecule has 1 aliphatic rings. The van der Waals surface area contributed by atoms with Crippen molar-refractivity contribution in [1.82, 2.24) is 4.90 Å². The van der Waals surface area contributed by atoms with Crippen LogP contribution in [0.4, 0.5) is 14.9 Å². The van der Waals surface area contributed by atoms with Crippen molar-refractivity contribution in [3.8, 4) is 5.75 Å². The largest absolute Gasteiger partial charge is 0.507 e. The number of benzene rings is 2. The normalized spacial score (nSPS) is 15.0. The molecule has 154 valence electrons. The van der Waals surface area contributed by atoms with Crippen molar-refractivity contribution in [2.24, 2.45) is 0 Å². The first-order valence-corrected chi connectivity index (χ1v) is 9.43. The minimum Gasteiger partial charge on any atom is -0.507 e. The number of hydrogen-bond donors (Lipinski definition) is 3. The summed E-state index contributed by atoms with van der Waals surface area (Å²) >= 11 is 0.727. The van der Waals surface area contributed by atoms with Crippen molar-refractivity contribution < 1.29 is 33.8 Å². The number of carboxylic acid groups (broad SMARTS) is 1. The number of thioether (sulfide) groups is 1. The van der Waals surface area contributed by atoms with Gasteiger partial charge in [-0.05, 0) is 47.7 Å². The number of imide groups is 1. The maximum absolute atomic E-state index is 13.0. The van der Waals surface area contributed by atoms with Gasteiger partial charge in [-0.3, -0.25) is 19.3 Å². The lowest BCUT2D eigenvalue weighted by molar-refractivity contribution is -0.123. The van der Waals surface area contributed by atoms with Gasteiger partial charge in [0.25, 0.3) is 11.1 Å². The molecule has 0 aliphatic carbocycles. The molecule has 1 aliphatic heterocycles. The van der Waals surface area contributed by atoms with Gasteiger partial charge >= 0.3 is 5.97 Å². The molecule has 0 radical (unpaired) electrons. The van der Waals surface area contributed by atoms with E-state index in [4.69, 9.17) is 5.11 Å². The SMILES string of the molecule is O=C(CCN1C(=O)S/C(=C/c2ccc(F)cc2)C1=O)Nc1ccc(C(=O)O)c(O)c1. The van der Waals surface area contributed by atoms with Gasteiger partial charge in [0.05, 0.1) is 4.91 Å². The van der Waals surface area contributed by atoms with Gasteiger partial charge in [-0.2, -0.15) is 0 Å². The number of amides is 3. The van der Waals surface area contributed by atoms with Gasteiger partial charge in [-0.25, -0.2) is 9.18 Å². The van der Waals surface area contributed by atoms with Crippen LogP contribution in [-0.2, 0) is 9.59 Å². The fourth-order valence-electron chi connectivity index (χ4n) is 2.63. The van der Waals surface area contributed by atoms with Gasteiger partial charge in [0.15, 0.2) is 0 Å². The lowest BCUT2D eigenvalue weighted by Crippen LogP contribution is -2.31. The Morgan fingerprint density at radius 1 is 1.13 bits per heavy atom. The van der Waals surface area contributed by atoms with Crippen LogP contribution in [0.3, 0.4) is 0 Å². The number of rotatable bonds is 6. The van der Waals surface area contributed by atoms with Crippen LogP contribution in [0.2, 0.25) is 0 Å². The third-order valence-corrected chi connectivity index (χ3v) is 5.02. The van der Waals surface area contributed by atoms with Gasteiger partial charge in [-0.15, -0.1) is 0 Å². The quantitative estimate of drug-likeness (QED) is 0.601. The summed E-state index contributed by atoms with van der Waals surface area (Å²) in [4.78, 5) is 48.6. The zero-order valence-corrected chi connectivity index (χ0v) is 16.1. The molecule has 0 saturated carbocycles. The molecular formula is C20H15FN2O6S. The summed E-state index contributed by atoms with van der Waals surface area (Å²) in [5.74, 6) is -3.31. The number of nitrogens with zero attached hydrogens (tertiary/aromatic N) is 1. The van der Waals surface area contributed by atoms with Gasteiger partial charge in [0.2, 0.25) is 5.91 Å². The number of aromatic hydroxyl groups is 1. The van der Waals surface area contributed by atoms with E-state index in [-0.39, 0.29) is 29.1 Å². The Balaban J connectivity index is 1.60. The van der Waals surface area contributed by atoms with Crippen LogP contribution in [0, 0.1) is 5.82 Å². The van der Waals surface area contributed by atoms with Gasteiger partial charge in [0.1, 0.15) is 17.1 Å². The van der Waals surface area contributed by atoms with Crippen LogP contribution in [0.15, 0.2) is 47.4 Å². The molecule has 3 amide bonds. The summed E-state index contributed by atoms with van der Waals surface area (Å²) < 4.78 is 13.0. The van der Waals surface area contributed by atoms with Crippen LogP contribution in [0.5, 0.6) is 5.75 Å². The molecule has 0 atom stereocenters. The molecule has 10 heteroatoms. The second-order valence-electron chi connectivity index (χ2n) is 6.22. The van der Waals surface area contributed by atoms with Crippen molar-refractivity contribution in [3.05, 3.63) is 64.3 Å². The van der Waals surface area contributed by atoms with E-state index < -0.39 is 34.6 Å². The average Bonchev–Trinajstić information content (AvgIpc) is 2.94. The summed E-state index contributed by atoms with van der Waals surface area (Å²) in [5, 5.41) is 20.5. The Morgan fingerprint density at radius 2 is 1.83 bits per heavy atom. The number of aromatic carboxylic acids is 1. The Hall–Kier alpha value is -3.66. The number of halogens is 1. The summed E-state index contributed by atoms with van der Waals surface area (Å²) in [5.41, 5.74) is 0.427. The number of nitrogens with one attached hydrogen (secondary N) is 1.